The van der Waals surface area contributed by atoms with Gasteiger partial charge < -0.3 is 20.1 Å². The molecule has 3 amide bonds. The van der Waals surface area contributed by atoms with Crippen molar-refractivity contribution in [2.24, 2.45) is 0 Å². The second-order valence-corrected chi connectivity index (χ2v) is 9.27. The van der Waals surface area contributed by atoms with E-state index in [-0.39, 0.29) is 24.3 Å². The molecule has 7 heteroatoms. The van der Waals surface area contributed by atoms with Gasteiger partial charge in [-0.2, -0.15) is 0 Å². The zero-order chi connectivity index (χ0) is 26.2. The molecule has 4 aromatic rings. The Morgan fingerprint density at radius 1 is 0.946 bits per heavy atom. The number of nitrogens with zero attached hydrogens (tertiary/aromatic N) is 2. The van der Waals surface area contributed by atoms with Crippen LogP contribution in [0.2, 0.25) is 0 Å². The van der Waals surface area contributed by atoms with Crippen LogP contribution < -0.4 is 5.32 Å². The summed E-state index contributed by atoms with van der Waals surface area (Å²) >= 11 is 0. The molecular weight excluding hydrogens is 467 g/mol. The Labute approximate surface area is 217 Å². The molecule has 1 aromatic heterocycles. The SMILES string of the molecule is CCCN(CC(=O)N(CCc1c[nH]c2ccccc12)Cc1ccc(F)cc1)C(=O)Nc1cccc(C)c1. The number of hydrogen-bond donors (Lipinski definition) is 2. The molecule has 0 aliphatic rings. The van der Waals surface area contributed by atoms with Gasteiger partial charge in [-0.1, -0.05) is 49.4 Å². The van der Waals surface area contributed by atoms with Gasteiger partial charge in [-0.15, -0.1) is 0 Å². The van der Waals surface area contributed by atoms with E-state index in [0.717, 1.165) is 34.0 Å². The lowest BCUT2D eigenvalue weighted by Gasteiger charge is -2.28. The molecule has 2 N–H and O–H groups in total. The minimum Gasteiger partial charge on any atom is -0.361 e. The maximum absolute atomic E-state index is 13.6. The number of hydrogen-bond acceptors (Lipinski definition) is 2. The van der Waals surface area contributed by atoms with E-state index in [0.29, 0.717) is 31.7 Å². The minimum atomic E-state index is -0.317. The van der Waals surface area contributed by atoms with Crippen LogP contribution >= 0.6 is 0 Å². The van der Waals surface area contributed by atoms with Gasteiger partial charge in [-0.3, -0.25) is 4.79 Å². The summed E-state index contributed by atoms with van der Waals surface area (Å²) in [7, 11) is 0. The van der Waals surface area contributed by atoms with Crippen LogP contribution in [0.4, 0.5) is 14.9 Å². The number of aromatic nitrogens is 1. The summed E-state index contributed by atoms with van der Waals surface area (Å²) in [5.41, 5.74) is 4.74. The van der Waals surface area contributed by atoms with Crippen molar-refractivity contribution in [1.29, 1.82) is 0 Å². The Bertz CT molecular complexity index is 1350. The van der Waals surface area contributed by atoms with Crippen molar-refractivity contribution in [3.63, 3.8) is 0 Å². The molecule has 0 aliphatic carbocycles. The smallest absolute Gasteiger partial charge is 0.322 e. The number of carbonyl (C=O) groups is 2. The molecular formula is C30H33FN4O2. The molecule has 6 nitrogen and oxygen atoms in total. The molecule has 0 saturated carbocycles. The molecule has 37 heavy (non-hydrogen) atoms. The number of amides is 3. The van der Waals surface area contributed by atoms with Gasteiger partial charge in [0.25, 0.3) is 0 Å². The average molecular weight is 501 g/mol. The van der Waals surface area contributed by atoms with Crippen molar-refractivity contribution in [2.75, 3.05) is 25.0 Å². The minimum absolute atomic E-state index is 0.0411. The highest BCUT2D eigenvalue weighted by Crippen LogP contribution is 2.19. The molecule has 1 heterocycles. The molecule has 0 fully saturated rings. The first-order valence-electron chi connectivity index (χ1n) is 12.6. The third-order valence-electron chi connectivity index (χ3n) is 6.34. The van der Waals surface area contributed by atoms with Crippen LogP contribution in [0.15, 0.2) is 79.0 Å². The summed E-state index contributed by atoms with van der Waals surface area (Å²) in [6.45, 7) is 5.16. The first-order valence-corrected chi connectivity index (χ1v) is 12.6. The van der Waals surface area contributed by atoms with Crippen molar-refractivity contribution < 1.29 is 14.0 Å². The van der Waals surface area contributed by atoms with Crippen LogP contribution in [-0.2, 0) is 17.8 Å². The summed E-state index contributed by atoms with van der Waals surface area (Å²) < 4.78 is 13.5. The summed E-state index contributed by atoms with van der Waals surface area (Å²) in [6.07, 6.45) is 3.35. The lowest BCUT2D eigenvalue weighted by Crippen LogP contribution is -2.45. The number of H-pyrrole nitrogens is 1. The van der Waals surface area contributed by atoms with Crippen LogP contribution in [0.3, 0.4) is 0 Å². The Morgan fingerprint density at radius 2 is 1.73 bits per heavy atom. The Hall–Kier alpha value is -4.13. The van der Waals surface area contributed by atoms with Gasteiger partial charge in [-0.25, -0.2) is 9.18 Å². The van der Waals surface area contributed by atoms with E-state index < -0.39 is 0 Å². The van der Waals surface area contributed by atoms with E-state index in [1.807, 2.05) is 62.5 Å². The number of halogens is 1. The first kappa shape index (κ1) is 25.9. The molecule has 0 spiro atoms. The lowest BCUT2D eigenvalue weighted by atomic mass is 10.1. The number of benzene rings is 3. The molecule has 4 rings (SSSR count). The highest BCUT2D eigenvalue weighted by Gasteiger charge is 2.22. The van der Waals surface area contributed by atoms with Gasteiger partial charge in [0.2, 0.25) is 5.91 Å². The highest BCUT2D eigenvalue weighted by atomic mass is 19.1. The lowest BCUT2D eigenvalue weighted by molar-refractivity contribution is -0.132. The van der Waals surface area contributed by atoms with Crippen LogP contribution in [0.5, 0.6) is 0 Å². The van der Waals surface area contributed by atoms with E-state index in [4.69, 9.17) is 0 Å². The van der Waals surface area contributed by atoms with E-state index in [1.165, 1.54) is 12.1 Å². The van der Waals surface area contributed by atoms with Crippen molar-refractivity contribution in [3.8, 4) is 0 Å². The number of carbonyl (C=O) groups excluding carboxylic acids is 2. The number of aromatic amines is 1. The predicted octanol–water partition coefficient (Wildman–Crippen LogP) is 6.13. The third-order valence-corrected chi connectivity index (χ3v) is 6.34. The number of urea groups is 1. The second-order valence-electron chi connectivity index (χ2n) is 9.27. The quantitative estimate of drug-likeness (QED) is 0.275. The molecule has 0 aliphatic heterocycles. The number of anilines is 1. The van der Waals surface area contributed by atoms with Gasteiger partial charge in [0.15, 0.2) is 0 Å². The predicted molar refractivity (Wildman–Crippen MR) is 146 cm³/mol. The second kappa shape index (κ2) is 12.2. The van der Waals surface area contributed by atoms with Crippen LogP contribution in [0, 0.1) is 12.7 Å². The van der Waals surface area contributed by atoms with Crippen molar-refractivity contribution in [1.82, 2.24) is 14.8 Å². The van der Waals surface area contributed by atoms with Gasteiger partial charge in [-0.05, 0) is 66.8 Å². The van der Waals surface area contributed by atoms with Gasteiger partial charge in [0.05, 0.1) is 0 Å². The molecule has 0 bridgehead atoms. The average Bonchev–Trinajstić information content (AvgIpc) is 3.30. The van der Waals surface area contributed by atoms with Gasteiger partial charge >= 0.3 is 6.03 Å². The number of fused-ring (bicyclic) bond motifs is 1. The number of nitrogens with one attached hydrogen (secondary N) is 2. The van der Waals surface area contributed by atoms with Crippen molar-refractivity contribution >= 4 is 28.5 Å². The normalized spacial score (nSPS) is 10.9. The molecule has 3 aromatic carbocycles. The third kappa shape index (κ3) is 6.97. The maximum Gasteiger partial charge on any atom is 0.322 e. The maximum atomic E-state index is 13.6. The Morgan fingerprint density at radius 3 is 2.49 bits per heavy atom. The zero-order valence-electron chi connectivity index (χ0n) is 21.3. The standard InChI is InChI=1S/C30H33FN4O2/c1-3-16-35(30(37)33-26-8-6-7-22(2)18-26)21-29(36)34(20-23-11-13-25(31)14-12-23)17-15-24-19-32-28-10-5-4-9-27(24)28/h4-14,18-19,32H,3,15-17,20-21H2,1-2H3,(H,33,37). The van der Waals surface area contributed by atoms with E-state index in [9.17, 15) is 14.0 Å². The Balaban J connectivity index is 1.49. The van der Waals surface area contributed by atoms with Crippen molar-refractivity contribution in [3.05, 3.63) is 102 Å². The fourth-order valence-corrected chi connectivity index (χ4v) is 4.41. The van der Waals surface area contributed by atoms with Crippen LogP contribution in [-0.4, -0.2) is 46.4 Å². The molecule has 0 unspecified atom stereocenters. The summed E-state index contributed by atoms with van der Waals surface area (Å²) in [4.78, 5) is 33.2. The number of para-hydroxylation sites is 1. The van der Waals surface area contributed by atoms with E-state index in [2.05, 4.69) is 16.4 Å². The first-order chi connectivity index (χ1) is 17.9. The highest BCUT2D eigenvalue weighted by molar-refractivity contribution is 5.92. The number of aryl methyl sites for hydroxylation is 1. The molecule has 0 radical (unpaired) electrons. The van der Waals surface area contributed by atoms with Crippen LogP contribution in [0.1, 0.15) is 30.0 Å². The fraction of sp³-hybridized carbons (Fsp3) is 0.267. The van der Waals surface area contributed by atoms with E-state index in [1.54, 1.807) is 21.9 Å². The van der Waals surface area contributed by atoms with Gasteiger partial charge in [0, 0.05) is 42.4 Å². The summed E-state index contributed by atoms with van der Waals surface area (Å²) in [5.74, 6) is -0.473. The van der Waals surface area contributed by atoms with Gasteiger partial charge in [0.1, 0.15) is 12.4 Å². The topological polar surface area (TPSA) is 68.4 Å². The summed E-state index contributed by atoms with van der Waals surface area (Å²) in [6, 6.07) is 21.5. The Kier molecular flexibility index (Phi) is 8.56. The fourth-order valence-electron chi connectivity index (χ4n) is 4.41. The van der Waals surface area contributed by atoms with Crippen molar-refractivity contribution in [2.45, 2.75) is 33.2 Å². The zero-order valence-corrected chi connectivity index (χ0v) is 21.3. The molecule has 0 atom stereocenters. The summed E-state index contributed by atoms with van der Waals surface area (Å²) in [5, 5.41) is 4.04. The monoisotopic (exact) mass is 500 g/mol. The molecule has 0 saturated heterocycles. The largest absolute Gasteiger partial charge is 0.361 e. The molecule has 192 valence electrons. The number of rotatable bonds is 10. The van der Waals surface area contributed by atoms with Crippen LogP contribution in [0.25, 0.3) is 10.9 Å². The van der Waals surface area contributed by atoms with E-state index >= 15 is 0 Å².